The fraction of sp³-hybridized carbons (Fsp3) is 0.233. The predicted molar refractivity (Wildman–Crippen MR) is 149 cm³/mol. The minimum absolute atomic E-state index is 0.0144. The number of anilines is 1. The van der Waals surface area contributed by atoms with Crippen LogP contribution in [0.15, 0.2) is 96.2 Å². The minimum atomic E-state index is 0.0144. The molecule has 0 fully saturated rings. The third kappa shape index (κ3) is 6.73. The van der Waals surface area contributed by atoms with Crippen molar-refractivity contribution in [2.24, 2.45) is 0 Å². The average molecular weight is 497 g/mol. The molecule has 36 heavy (non-hydrogen) atoms. The topological polar surface area (TPSA) is 49.3 Å². The molecule has 0 saturated carbocycles. The highest BCUT2D eigenvalue weighted by Crippen LogP contribution is 2.27. The van der Waals surface area contributed by atoms with Gasteiger partial charge in [0.25, 0.3) is 5.91 Å². The van der Waals surface area contributed by atoms with Gasteiger partial charge in [-0.25, -0.2) is 9.97 Å². The third-order valence-electron chi connectivity index (χ3n) is 5.89. The largest absolute Gasteiger partial charge is 0.360 e. The SMILES string of the molecule is CCCN(C)c1cc(-c2ccccc2)nc(SCc2ccc(C(=O)N(C)Cc3ccccc3)cc2)n1. The van der Waals surface area contributed by atoms with Gasteiger partial charge in [-0.3, -0.25) is 4.79 Å². The summed E-state index contributed by atoms with van der Waals surface area (Å²) in [4.78, 5) is 26.4. The summed E-state index contributed by atoms with van der Waals surface area (Å²) in [6, 6.07) is 30.1. The van der Waals surface area contributed by atoms with Crippen LogP contribution in [-0.2, 0) is 12.3 Å². The lowest BCUT2D eigenvalue weighted by atomic mass is 10.1. The molecule has 0 aliphatic carbocycles. The van der Waals surface area contributed by atoms with E-state index in [1.807, 2.05) is 79.8 Å². The van der Waals surface area contributed by atoms with E-state index in [2.05, 4.69) is 37.1 Å². The molecule has 0 atom stereocenters. The lowest BCUT2D eigenvalue weighted by Gasteiger charge is -2.19. The molecule has 0 saturated heterocycles. The van der Waals surface area contributed by atoms with Crippen LogP contribution < -0.4 is 4.90 Å². The van der Waals surface area contributed by atoms with Gasteiger partial charge in [0.1, 0.15) is 5.82 Å². The van der Waals surface area contributed by atoms with Crippen molar-refractivity contribution in [1.29, 1.82) is 0 Å². The number of hydrogen-bond donors (Lipinski definition) is 0. The molecule has 0 N–H and O–H groups in total. The molecule has 0 spiro atoms. The smallest absolute Gasteiger partial charge is 0.253 e. The molecule has 184 valence electrons. The summed E-state index contributed by atoms with van der Waals surface area (Å²) in [5, 5.41) is 0.747. The second kappa shape index (κ2) is 12.4. The maximum absolute atomic E-state index is 12.9. The van der Waals surface area contributed by atoms with Crippen molar-refractivity contribution in [3.63, 3.8) is 0 Å². The van der Waals surface area contributed by atoms with Crippen molar-refractivity contribution in [3.8, 4) is 11.3 Å². The summed E-state index contributed by atoms with van der Waals surface area (Å²) in [7, 11) is 3.91. The van der Waals surface area contributed by atoms with Crippen LogP contribution >= 0.6 is 11.8 Å². The lowest BCUT2D eigenvalue weighted by Crippen LogP contribution is -2.26. The van der Waals surface area contributed by atoms with Crippen molar-refractivity contribution in [1.82, 2.24) is 14.9 Å². The van der Waals surface area contributed by atoms with Crippen LogP contribution in [0.5, 0.6) is 0 Å². The molecule has 3 aromatic carbocycles. The summed E-state index contributed by atoms with van der Waals surface area (Å²) in [6.07, 6.45) is 1.05. The maximum atomic E-state index is 12.9. The summed E-state index contributed by atoms with van der Waals surface area (Å²) >= 11 is 1.61. The maximum Gasteiger partial charge on any atom is 0.253 e. The van der Waals surface area contributed by atoms with Crippen molar-refractivity contribution in [3.05, 3.63) is 108 Å². The van der Waals surface area contributed by atoms with E-state index in [1.165, 1.54) is 0 Å². The van der Waals surface area contributed by atoms with E-state index in [0.29, 0.717) is 12.1 Å². The first-order valence-corrected chi connectivity index (χ1v) is 13.2. The van der Waals surface area contributed by atoms with Crippen LogP contribution in [0.25, 0.3) is 11.3 Å². The molecule has 0 aliphatic heterocycles. The fourth-order valence-electron chi connectivity index (χ4n) is 3.92. The molecule has 0 bridgehead atoms. The number of nitrogens with zero attached hydrogens (tertiary/aromatic N) is 4. The van der Waals surface area contributed by atoms with Gasteiger partial charge in [-0.1, -0.05) is 91.5 Å². The highest BCUT2D eigenvalue weighted by Gasteiger charge is 2.13. The molecular formula is C30H32N4OS. The van der Waals surface area contributed by atoms with E-state index in [-0.39, 0.29) is 5.91 Å². The Balaban J connectivity index is 1.45. The molecule has 4 rings (SSSR count). The number of hydrogen-bond acceptors (Lipinski definition) is 5. The zero-order valence-corrected chi connectivity index (χ0v) is 21.9. The normalized spacial score (nSPS) is 10.8. The fourth-order valence-corrected chi connectivity index (χ4v) is 4.73. The lowest BCUT2D eigenvalue weighted by molar-refractivity contribution is 0.0785. The quantitative estimate of drug-likeness (QED) is 0.184. The number of benzene rings is 3. The minimum Gasteiger partial charge on any atom is -0.360 e. The van der Waals surface area contributed by atoms with Crippen LogP contribution in [0.1, 0.15) is 34.8 Å². The van der Waals surface area contributed by atoms with Gasteiger partial charge in [0, 0.05) is 50.1 Å². The van der Waals surface area contributed by atoms with Gasteiger partial charge in [0.05, 0.1) is 5.69 Å². The number of thioether (sulfide) groups is 1. The first-order chi connectivity index (χ1) is 17.5. The highest BCUT2D eigenvalue weighted by atomic mass is 32.2. The van der Waals surface area contributed by atoms with Crippen molar-refractivity contribution in [2.75, 3.05) is 25.5 Å². The molecular weight excluding hydrogens is 464 g/mol. The molecule has 4 aromatic rings. The van der Waals surface area contributed by atoms with Crippen LogP contribution in [-0.4, -0.2) is 41.4 Å². The molecule has 5 nitrogen and oxygen atoms in total. The Hall–Kier alpha value is -3.64. The Kier molecular flexibility index (Phi) is 8.74. The second-order valence-electron chi connectivity index (χ2n) is 8.81. The molecule has 0 aliphatic rings. The number of rotatable bonds is 10. The molecule has 1 heterocycles. The standard InChI is InChI=1S/C30H32N4OS/c1-4-19-33(2)28-20-27(25-13-9-6-10-14-25)31-30(32-28)36-22-24-15-17-26(18-16-24)29(35)34(3)21-23-11-7-5-8-12-23/h5-18,20H,4,19,21-22H2,1-3H3. The molecule has 0 radical (unpaired) electrons. The van der Waals surface area contributed by atoms with Crippen molar-refractivity contribution >= 4 is 23.5 Å². The number of carbonyl (C=O) groups excluding carboxylic acids is 1. The van der Waals surface area contributed by atoms with Gasteiger partial charge in [0.2, 0.25) is 0 Å². The van der Waals surface area contributed by atoms with E-state index in [0.717, 1.165) is 52.1 Å². The van der Waals surface area contributed by atoms with E-state index >= 15 is 0 Å². The van der Waals surface area contributed by atoms with Crippen LogP contribution in [0.3, 0.4) is 0 Å². The summed E-state index contributed by atoms with van der Waals surface area (Å²) in [6.45, 7) is 3.68. The Morgan fingerprint density at radius 3 is 2.17 bits per heavy atom. The molecule has 6 heteroatoms. The first kappa shape index (κ1) is 25.5. The van der Waals surface area contributed by atoms with Gasteiger partial charge in [-0.2, -0.15) is 0 Å². The van der Waals surface area contributed by atoms with Crippen LogP contribution in [0.4, 0.5) is 5.82 Å². The number of aromatic nitrogens is 2. The van der Waals surface area contributed by atoms with Crippen LogP contribution in [0, 0.1) is 0 Å². The van der Waals surface area contributed by atoms with Gasteiger partial charge in [-0.05, 0) is 29.7 Å². The number of amides is 1. The van der Waals surface area contributed by atoms with Crippen molar-refractivity contribution in [2.45, 2.75) is 30.8 Å². The predicted octanol–water partition coefficient (Wildman–Crippen LogP) is 6.55. The zero-order chi connectivity index (χ0) is 25.3. The van der Waals surface area contributed by atoms with Crippen LogP contribution in [0.2, 0.25) is 0 Å². The third-order valence-corrected chi connectivity index (χ3v) is 6.81. The van der Waals surface area contributed by atoms with E-state index < -0.39 is 0 Å². The Bertz CT molecular complexity index is 1260. The molecule has 1 aromatic heterocycles. The van der Waals surface area contributed by atoms with Gasteiger partial charge in [-0.15, -0.1) is 0 Å². The molecule has 1 amide bonds. The molecule has 0 unspecified atom stereocenters. The first-order valence-electron chi connectivity index (χ1n) is 12.2. The highest BCUT2D eigenvalue weighted by molar-refractivity contribution is 7.98. The van der Waals surface area contributed by atoms with E-state index in [1.54, 1.807) is 16.7 Å². The Morgan fingerprint density at radius 2 is 1.50 bits per heavy atom. The van der Waals surface area contributed by atoms with Gasteiger partial charge >= 0.3 is 0 Å². The summed E-state index contributed by atoms with van der Waals surface area (Å²) in [5.74, 6) is 1.67. The zero-order valence-electron chi connectivity index (χ0n) is 21.1. The van der Waals surface area contributed by atoms with Gasteiger partial charge in [0.15, 0.2) is 5.16 Å². The van der Waals surface area contributed by atoms with E-state index in [4.69, 9.17) is 9.97 Å². The average Bonchev–Trinajstić information content (AvgIpc) is 2.93. The summed E-state index contributed by atoms with van der Waals surface area (Å²) < 4.78 is 0. The van der Waals surface area contributed by atoms with Gasteiger partial charge < -0.3 is 9.80 Å². The Morgan fingerprint density at radius 1 is 0.833 bits per heavy atom. The monoisotopic (exact) mass is 496 g/mol. The van der Waals surface area contributed by atoms with Crippen molar-refractivity contribution < 1.29 is 4.79 Å². The number of carbonyl (C=O) groups is 1. The van der Waals surface area contributed by atoms with E-state index in [9.17, 15) is 4.79 Å². The second-order valence-corrected chi connectivity index (χ2v) is 9.76. The summed E-state index contributed by atoms with van der Waals surface area (Å²) in [5.41, 5.74) is 4.93. The Labute approximate surface area is 218 Å².